The molecule has 0 radical (unpaired) electrons. The fourth-order valence-corrected chi connectivity index (χ4v) is 3.30. The zero-order valence-corrected chi connectivity index (χ0v) is 18.5. The average Bonchev–Trinajstić information content (AvgIpc) is 2.73. The first-order valence-electron chi connectivity index (χ1n) is 11.8. The number of hydrogen-bond donors (Lipinski definition) is 1. The van der Waals surface area contributed by atoms with E-state index in [-0.39, 0.29) is 11.7 Å². The van der Waals surface area contributed by atoms with Crippen molar-refractivity contribution in [2.45, 2.75) is 96.8 Å². The number of carbonyl (C=O) groups excluding carboxylic acids is 1. The maximum absolute atomic E-state index is 11.8. The third-order valence-electron chi connectivity index (χ3n) is 5.16. The molecule has 0 spiro atoms. The summed E-state index contributed by atoms with van der Waals surface area (Å²) < 4.78 is 11.0. The molecule has 0 fully saturated rings. The first-order valence-corrected chi connectivity index (χ1v) is 11.8. The zero-order valence-electron chi connectivity index (χ0n) is 18.5. The second-order valence-electron chi connectivity index (χ2n) is 7.89. The van der Waals surface area contributed by atoms with Gasteiger partial charge in [-0.2, -0.15) is 0 Å². The molecule has 4 heteroatoms. The van der Waals surface area contributed by atoms with Crippen LogP contribution in [0.3, 0.4) is 0 Å². The summed E-state index contributed by atoms with van der Waals surface area (Å²) in [4.78, 5) is 11.8. The number of hydrogen-bond acceptors (Lipinski definition) is 4. The van der Waals surface area contributed by atoms with Gasteiger partial charge in [-0.3, -0.25) is 0 Å². The second-order valence-corrected chi connectivity index (χ2v) is 7.89. The molecule has 0 aliphatic rings. The van der Waals surface area contributed by atoms with Crippen molar-refractivity contribution in [2.75, 3.05) is 19.8 Å². The van der Waals surface area contributed by atoms with Gasteiger partial charge in [-0.25, -0.2) is 4.79 Å². The number of ether oxygens (including phenoxy) is 2. The predicted molar refractivity (Wildman–Crippen MR) is 120 cm³/mol. The monoisotopic (exact) mass is 406 g/mol. The fraction of sp³-hybridized carbons (Fsp3) is 0.720. The molecule has 4 nitrogen and oxygen atoms in total. The third-order valence-corrected chi connectivity index (χ3v) is 5.16. The Morgan fingerprint density at radius 3 is 1.66 bits per heavy atom. The summed E-state index contributed by atoms with van der Waals surface area (Å²) in [5, 5.41) is 9.22. The lowest BCUT2D eigenvalue weighted by atomic mass is 10.1. The lowest BCUT2D eigenvalue weighted by Crippen LogP contribution is -2.06. The lowest BCUT2D eigenvalue weighted by molar-refractivity contribution is 0.0497. The predicted octanol–water partition coefficient (Wildman–Crippen LogP) is 7.05. The van der Waals surface area contributed by atoms with Crippen molar-refractivity contribution in [3.05, 3.63) is 29.8 Å². The highest BCUT2D eigenvalue weighted by Crippen LogP contribution is 2.12. The van der Waals surface area contributed by atoms with Crippen molar-refractivity contribution >= 4 is 5.97 Å². The van der Waals surface area contributed by atoms with E-state index in [1.807, 2.05) is 0 Å². The van der Waals surface area contributed by atoms with E-state index >= 15 is 0 Å². The van der Waals surface area contributed by atoms with E-state index in [0.717, 1.165) is 26.1 Å². The van der Waals surface area contributed by atoms with Crippen LogP contribution >= 0.6 is 0 Å². The van der Waals surface area contributed by atoms with Crippen molar-refractivity contribution in [3.63, 3.8) is 0 Å². The number of rotatable bonds is 19. The van der Waals surface area contributed by atoms with Gasteiger partial charge in [0.25, 0.3) is 0 Å². The molecule has 29 heavy (non-hydrogen) atoms. The summed E-state index contributed by atoms with van der Waals surface area (Å²) in [5.41, 5.74) is 0.485. The minimum atomic E-state index is -0.316. The van der Waals surface area contributed by atoms with Crippen LogP contribution in [0.4, 0.5) is 0 Å². The molecule has 1 rings (SSSR count). The van der Waals surface area contributed by atoms with Crippen molar-refractivity contribution in [1.82, 2.24) is 0 Å². The summed E-state index contributed by atoms with van der Waals surface area (Å²) >= 11 is 0. The van der Waals surface area contributed by atoms with E-state index in [1.165, 1.54) is 89.2 Å². The summed E-state index contributed by atoms with van der Waals surface area (Å²) in [7, 11) is 0. The third kappa shape index (κ3) is 15.0. The Kier molecular flexibility index (Phi) is 16.2. The lowest BCUT2D eigenvalue weighted by Gasteiger charge is -2.06. The zero-order chi connectivity index (χ0) is 21.0. The van der Waals surface area contributed by atoms with Crippen LogP contribution < -0.4 is 0 Å². The van der Waals surface area contributed by atoms with Crippen LogP contribution in [-0.2, 0) is 9.47 Å². The normalized spacial score (nSPS) is 10.9. The van der Waals surface area contributed by atoms with Crippen molar-refractivity contribution in [1.29, 1.82) is 0 Å². The van der Waals surface area contributed by atoms with Gasteiger partial charge in [0.05, 0.1) is 12.2 Å². The molecular weight excluding hydrogens is 364 g/mol. The van der Waals surface area contributed by atoms with Crippen LogP contribution in [0.1, 0.15) is 107 Å². The maximum Gasteiger partial charge on any atom is 0.338 e. The standard InChI is InChI=1S/C25H42O4/c1-2-3-4-5-10-13-20-28-21-14-11-8-6-7-9-12-15-22-29-25(27)23-16-18-24(26)19-17-23/h16-19,26H,2-15,20-22H2,1H3. The average molecular weight is 407 g/mol. The highest BCUT2D eigenvalue weighted by Gasteiger charge is 2.06. The molecule has 1 aromatic rings. The highest BCUT2D eigenvalue weighted by molar-refractivity contribution is 5.89. The van der Waals surface area contributed by atoms with E-state index in [0.29, 0.717) is 12.2 Å². The van der Waals surface area contributed by atoms with Crippen LogP contribution in [0, 0.1) is 0 Å². The smallest absolute Gasteiger partial charge is 0.338 e. The number of unbranched alkanes of at least 4 members (excludes halogenated alkanes) is 12. The van der Waals surface area contributed by atoms with E-state index in [1.54, 1.807) is 12.1 Å². The molecule has 0 bridgehead atoms. The molecule has 0 aliphatic heterocycles. The number of esters is 1. The minimum absolute atomic E-state index is 0.155. The van der Waals surface area contributed by atoms with E-state index in [9.17, 15) is 9.90 Å². The van der Waals surface area contributed by atoms with Gasteiger partial charge in [0.2, 0.25) is 0 Å². The Hall–Kier alpha value is -1.55. The molecule has 0 heterocycles. The van der Waals surface area contributed by atoms with Gasteiger partial charge in [0.1, 0.15) is 5.75 Å². The van der Waals surface area contributed by atoms with E-state index in [4.69, 9.17) is 9.47 Å². The molecule has 1 N–H and O–H groups in total. The van der Waals surface area contributed by atoms with Gasteiger partial charge in [0.15, 0.2) is 0 Å². The number of phenols is 1. The van der Waals surface area contributed by atoms with E-state index < -0.39 is 0 Å². The fourth-order valence-electron chi connectivity index (χ4n) is 3.30. The topological polar surface area (TPSA) is 55.8 Å². The molecule has 0 aromatic heterocycles. The van der Waals surface area contributed by atoms with Crippen molar-refractivity contribution in [2.24, 2.45) is 0 Å². The first-order chi connectivity index (χ1) is 14.2. The van der Waals surface area contributed by atoms with Crippen LogP contribution in [-0.4, -0.2) is 30.9 Å². The maximum atomic E-state index is 11.8. The van der Waals surface area contributed by atoms with Crippen LogP contribution in [0.25, 0.3) is 0 Å². The summed E-state index contributed by atoms with van der Waals surface area (Å²) in [6.07, 6.45) is 17.4. The van der Waals surface area contributed by atoms with Gasteiger partial charge >= 0.3 is 5.97 Å². The van der Waals surface area contributed by atoms with Gasteiger partial charge in [-0.1, -0.05) is 77.6 Å². The molecule has 0 saturated carbocycles. The number of aromatic hydroxyl groups is 1. The number of carbonyl (C=O) groups is 1. The summed E-state index contributed by atoms with van der Waals surface area (Å²) in [6.45, 7) is 4.57. The molecular formula is C25H42O4. The molecule has 0 atom stereocenters. The number of benzene rings is 1. The minimum Gasteiger partial charge on any atom is -0.508 e. The Morgan fingerprint density at radius 2 is 1.14 bits per heavy atom. The van der Waals surface area contributed by atoms with Gasteiger partial charge in [0, 0.05) is 13.2 Å². The SMILES string of the molecule is CCCCCCCCOCCCCCCCCCCOC(=O)c1ccc(O)cc1. The molecule has 0 unspecified atom stereocenters. The van der Waals surface area contributed by atoms with Gasteiger partial charge in [-0.15, -0.1) is 0 Å². The molecule has 1 aromatic carbocycles. The Labute approximate surface area is 178 Å². The number of phenolic OH excluding ortho intramolecular Hbond substituents is 1. The highest BCUT2D eigenvalue weighted by atomic mass is 16.5. The largest absolute Gasteiger partial charge is 0.508 e. The van der Waals surface area contributed by atoms with Gasteiger partial charge in [-0.05, 0) is 43.5 Å². The molecule has 0 amide bonds. The Bertz CT molecular complexity index is 498. The summed E-state index contributed by atoms with van der Waals surface area (Å²) in [5.74, 6) is -0.161. The molecule has 166 valence electrons. The summed E-state index contributed by atoms with van der Waals surface area (Å²) in [6, 6.07) is 6.16. The van der Waals surface area contributed by atoms with Crippen molar-refractivity contribution < 1.29 is 19.4 Å². The van der Waals surface area contributed by atoms with Crippen LogP contribution in [0.2, 0.25) is 0 Å². The Balaban J connectivity index is 1.77. The van der Waals surface area contributed by atoms with Crippen molar-refractivity contribution in [3.8, 4) is 5.75 Å². The molecule has 0 aliphatic carbocycles. The van der Waals surface area contributed by atoms with E-state index in [2.05, 4.69) is 6.92 Å². The first kappa shape index (κ1) is 25.5. The Morgan fingerprint density at radius 1 is 0.690 bits per heavy atom. The quantitative estimate of drug-likeness (QED) is 0.198. The molecule has 0 saturated heterocycles. The second kappa shape index (κ2) is 18.5. The van der Waals surface area contributed by atoms with Crippen LogP contribution in [0.5, 0.6) is 5.75 Å². The van der Waals surface area contributed by atoms with Crippen LogP contribution in [0.15, 0.2) is 24.3 Å². The van der Waals surface area contributed by atoms with Gasteiger partial charge < -0.3 is 14.6 Å².